The van der Waals surface area contributed by atoms with E-state index in [2.05, 4.69) is 5.32 Å². The maximum absolute atomic E-state index is 12.6. The van der Waals surface area contributed by atoms with Gasteiger partial charge in [0.05, 0.1) is 12.3 Å². The number of imide groups is 1. The van der Waals surface area contributed by atoms with Crippen LogP contribution >= 0.6 is 0 Å². The number of amides is 3. The van der Waals surface area contributed by atoms with Crippen molar-refractivity contribution >= 4 is 24.1 Å². The quantitative estimate of drug-likeness (QED) is 0.651. The fourth-order valence-electron chi connectivity index (χ4n) is 2.33. The molecular formula is C15H19N3O4. The summed E-state index contributed by atoms with van der Waals surface area (Å²) in [6, 6.07) is 7.33. The first kappa shape index (κ1) is 16.0. The van der Waals surface area contributed by atoms with Crippen LogP contribution in [0, 0.1) is 0 Å². The summed E-state index contributed by atoms with van der Waals surface area (Å²) in [6.07, 6.45) is 0.460. The second kappa shape index (κ2) is 7.56. The van der Waals surface area contributed by atoms with Crippen molar-refractivity contribution in [3.63, 3.8) is 0 Å². The number of esters is 1. The van der Waals surface area contributed by atoms with Crippen molar-refractivity contribution < 1.29 is 19.1 Å². The highest BCUT2D eigenvalue weighted by Gasteiger charge is 2.35. The fourth-order valence-corrected chi connectivity index (χ4v) is 2.33. The largest absolute Gasteiger partial charge is 0.464 e. The molecule has 0 saturated carbocycles. The lowest BCUT2D eigenvalue weighted by Gasteiger charge is -2.36. The lowest BCUT2D eigenvalue weighted by atomic mass is 10.2. The molecule has 0 bridgehead atoms. The van der Waals surface area contributed by atoms with Crippen LogP contribution in [0.15, 0.2) is 30.3 Å². The maximum atomic E-state index is 12.6. The Balaban J connectivity index is 2.20. The Morgan fingerprint density at radius 2 is 2.14 bits per heavy atom. The van der Waals surface area contributed by atoms with Crippen molar-refractivity contribution in [2.24, 2.45) is 0 Å². The first-order valence-electron chi connectivity index (χ1n) is 7.16. The van der Waals surface area contributed by atoms with E-state index in [0.29, 0.717) is 31.7 Å². The molecule has 7 heteroatoms. The molecule has 1 aromatic rings. The van der Waals surface area contributed by atoms with E-state index >= 15 is 0 Å². The van der Waals surface area contributed by atoms with E-state index in [9.17, 15) is 14.4 Å². The molecule has 1 heterocycles. The Kier molecular flexibility index (Phi) is 5.48. The number of benzene rings is 1. The van der Waals surface area contributed by atoms with Gasteiger partial charge in [0.25, 0.3) is 0 Å². The smallest absolute Gasteiger partial charge is 0.331 e. The van der Waals surface area contributed by atoms with Crippen molar-refractivity contribution in [1.29, 1.82) is 0 Å². The Morgan fingerprint density at radius 1 is 1.41 bits per heavy atom. The number of hydrogen-bond acceptors (Lipinski definition) is 5. The molecule has 7 nitrogen and oxygen atoms in total. The molecule has 0 spiro atoms. The number of nitrogens with one attached hydrogen (secondary N) is 1. The summed E-state index contributed by atoms with van der Waals surface area (Å²) < 4.78 is 5.00. The Bertz CT molecular complexity index is 535. The summed E-state index contributed by atoms with van der Waals surface area (Å²) >= 11 is 0. The zero-order valence-electron chi connectivity index (χ0n) is 12.4. The summed E-state index contributed by atoms with van der Waals surface area (Å²) in [4.78, 5) is 38.3. The molecule has 1 saturated heterocycles. The van der Waals surface area contributed by atoms with Gasteiger partial charge in [0.2, 0.25) is 6.41 Å². The lowest BCUT2D eigenvalue weighted by Crippen LogP contribution is -2.60. The van der Waals surface area contributed by atoms with Gasteiger partial charge in [-0.15, -0.1) is 0 Å². The van der Waals surface area contributed by atoms with Crippen LogP contribution in [0.1, 0.15) is 6.92 Å². The highest BCUT2D eigenvalue weighted by Crippen LogP contribution is 2.16. The minimum absolute atomic E-state index is 0.243. The van der Waals surface area contributed by atoms with Crippen LogP contribution in [0.5, 0.6) is 0 Å². The van der Waals surface area contributed by atoms with Crippen LogP contribution in [-0.2, 0) is 14.3 Å². The fraction of sp³-hybridized carbons (Fsp3) is 0.400. The van der Waals surface area contributed by atoms with Gasteiger partial charge >= 0.3 is 12.0 Å². The van der Waals surface area contributed by atoms with Gasteiger partial charge < -0.3 is 15.0 Å². The molecule has 0 aromatic heterocycles. The van der Waals surface area contributed by atoms with Gasteiger partial charge in [0, 0.05) is 19.6 Å². The molecule has 1 aliphatic heterocycles. The molecule has 1 aliphatic rings. The molecule has 3 amide bonds. The van der Waals surface area contributed by atoms with Crippen LogP contribution in [0.2, 0.25) is 0 Å². The van der Waals surface area contributed by atoms with E-state index in [1.807, 2.05) is 0 Å². The minimum atomic E-state index is -0.729. The molecule has 1 unspecified atom stereocenters. The summed E-state index contributed by atoms with van der Waals surface area (Å²) in [5.74, 6) is -0.470. The number of rotatable bonds is 4. The van der Waals surface area contributed by atoms with Crippen molar-refractivity contribution in [1.82, 2.24) is 10.2 Å². The topological polar surface area (TPSA) is 79.0 Å². The van der Waals surface area contributed by atoms with Crippen LogP contribution in [0.25, 0.3) is 0 Å². The molecule has 1 atom stereocenters. The summed E-state index contributed by atoms with van der Waals surface area (Å²) in [5.41, 5.74) is 0.462. The maximum Gasteiger partial charge on any atom is 0.331 e. The molecule has 1 N–H and O–H groups in total. The predicted octanol–water partition coefficient (Wildman–Crippen LogP) is 0.606. The van der Waals surface area contributed by atoms with E-state index in [1.165, 1.54) is 4.90 Å². The highest BCUT2D eigenvalue weighted by atomic mass is 16.5. The first-order chi connectivity index (χ1) is 10.7. The van der Waals surface area contributed by atoms with Crippen LogP contribution < -0.4 is 10.2 Å². The number of para-hydroxylation sites is 1. The number of anilines is 1. The predicted molar refractivity (Wildman–Crippen MR) is 80.4 cm³/mol. The lowest BCUT2D eigenvalue weighted by molar-refractivity contribution is -0.148. The summed E-state index contributed by atoms with van der Waals surface area (Å²) in [5, 5.41) is 3.05. The average molecular weight is 305 g/mol. The molecule has 22 heavy (non-hydrogen) atoms. The highest BCUT2D eigenvalue weighted by molar-refractivity contribution is 6.07. The zero-order valence-corrected chi connectivity index (χ0v) is 12.4. The van der Waals surface area contributed by atoms with Gasteiger partial charge in [-0.2, -0.15) is 0 Å². The Hall–Kier alpha value is -2.41. The van der Waals surface area contributed by atoms with E-state index < -0.39 is 18.0 Å². The second-order valence-electron chi connectivity index (χ2n) is 4.76. The van der Waals surface area contributed by atoms with E-state index in [0.717, 1.165) is 4.90 Å². The van der Waals surface area contributed by atoms with E-state index in [4.69, 9.17) is 4.74 Å². The van der Waals surface area contributed by atoms with Gasteiger partial charge in [-0.05, 0) is 19.1 Å². The number of urea groups is 1. The van der Waals surface area contributed by atoms with Gasteiger partial charge in [-0.25, -0.2) is 14.5 Å². The normalized spacial score (nSPS) is 17.7. The molecule has 0 radical (unpaired) electrons. The molecule has 118 valence electrons. The Labute approximate surface area is 128 Å². The van der Waals surface area contributed by atoms with Crippen LogP contribution in [0.4, 0.5) is 10.5 Å². The third kappa shape index (κ3) is 3.43. The number of piperazine rings is 1. The SMILES string of the molecule is CCOC(=O)C1CNCCN1C(=O)N(C=O)c1ccccc1. The number of nitrogens with zero attached hydrogens (tertiary/aromatic N) is 2. The molecule has 1 fully saturated rings. The van der Waals surface area contributed by atoms with Crippen molar-refractivity contribution in [2.75, 3.05) is 31.1 Å². The van der Waals surface area contributed by atoms with E-state index in [-0.39, 0.29) is 6.61 Å². The number of hydrogen-bond donors (Lipinski definition) is 1. The van der Waals surface area contributed by atoms with Crippen molar-refractivity contribution in [3.05, 3.63) is 30.3 Å². The van der Waals surface area contributed by atoms with Gasteiger partial charge in [-0.3, -0.25) is 4.79 Å². The standard InChI is InChI=1S/C15H19N3O4/c1-2-22-14(20)13-10-16-8-9-17(13)15(21)18(11-19)12-6-4-3-5-7-12/h3-7,11,13,16H,2,8-10H2,1H3. The van der Waals surface area contributed by atoms with E-state index in [1.54, 1.807) is 37.3 Å². The summed E-state index contributed by atoms with van der Waals surface area (Å²) in [6.45, 7) is 3.16. The third-order valence-electron chi connectivity index (χ3n) is 3.39. The molecular weight excluding hydrogens is 286 g/mol. The third-order valence-corrected chi connectivity index (χ3v) is 3.39. The minimum Gasteiger partial charge on any atom is -0.464 e. The van der Waals surface area contributed by atoms with Crippen LogP contribution in [0.3, 0.4) is 0 Å². The Morgan fingerprint density at radius 3 is 2.77 bits per heavy atom. The second-order valence-corrected chi connectivity index (χ2v) is 4.76. The molecule has 0 aliphatic carbocycles. The first-order valence-corrected chi connectivity index (χ1v) is 7.16. The summed E-state index contributed by atoms with van der Waals surface area (Å²) in [7, 11) is 0. The number of ether oxygens (including phenoxy) is 1. The van der Waals surface area contributed by atoms with Gasteiger partial charge in [0.15, 0.2) is 0 Å². The average Bonchev–Trinajstić information content (AvgIpc) is 2.56. The molecule has 1 aromatic carbocycles. The molecule has 2 rings (SSSR count). The number of carbonyl (C=O) groups is 3. The van der Waals surface area contributed by atoms with Crippen LogP contribution in [-0.4, -0.2) is 55.6 Å². The number of carbonyl (C=O) groups excluding carboxylic acids is 3. The van der Waals surface area contributed by atoms with Crippen molar-refractivity contribution in [2.45, 2.75) is 13.0 Å². The monoisotopic (exact) mass is 305 g/mol. The zero-order chi connectivity index (χ0) is 15.9. The van der Waals surface area contributed by atoms with Crippen molar-refractivity contribution in [3.8, 4) is 0 Å². The van der Waals surface area contributed by atoms with Gasteiger partial charge in [-0.1, -0.05) is 18.2 Å². The van der Waals surface area contributed by atoms with Gasteiger partial charge in [0.1, 0.15) is 6.04 Å².